The van der Waals surface area contributed by atoms with E-state index >= 15 is 0 Å². The molecule has 0 saturated heterocycles. The van der Waals surface area contributed by atoms with E-state index in [1.807, 2.05) is 26.0 Å². The highest BCUT2D eigenvalue weighted by Gasteiger charge is 2.15. The van der Waals surface area contributed by atoms with Crippen molar-refractivity contribution < 1.29 is 8.78 Å². The van der Waals surface area contributed by atoms with Crippen molar-refractivity contribution in [1.29, 1.82) is 0 Å². The monoisotopic (exact) mass is 310 g/mol. The van der Waals surface area contributed by atoms with E-state index in [1.165, 1.54) is 12.1 Å². The normalized spacial score (nSPS) is 12.5. The molecule has 0 N–H and O–H groups in total. The third-order valence-corrected chi connectivity index (χ3v) is 3.79. The van der Waals surface area contributed by atoms with Gasteiger partial charge in [-0.15, -0.1) is 0 Å². The third kappa shape index (κ3) is 2.78. The van der Waals surface area contributed by atoms with Gasteiger partial charge in [0.15, 0.2) is 0 Å². The summed E-state index contributed by atoms with van der Waals surface area (Å²) < 4.78 is 26.6. The van der Waals surface area contributed by atoms with Crippen LogP contribution in [0.25, 0.3) is 0 Å². The van der Waals surface area contributed by atoms with Crippen LogP contribution in [0.15, 0.2) is 36.4 Å². The summed E-state index contributed by atoms with van der Waals surface area (Å²) in [5.41, 5.74) is 3.66. The van der Waals surface area contributed by atoms with Gasteiger partial charge in [-0.1, -0.05) is 51.3 Å². The Morgan fingerprint density at radius 3 is 2.11 bits per heavy atom. The molecule has 2 rings (SSSR count). The third-order valence-electron chi connectivity index (χ3n) is 2.77. The number of rotatable bonds is 2. The SMILES string of the molecule is Cc1cc(C)cc(C(Br)c2ccc(F)cc2F)c1. The van der Waals surface area contributed by atoms with Crippen LogP contribution in [0.2, 0.25) is 0 Å². The fourth-order valence-corrected chi connectivity index (χ4v) is 2.68. The van der Waals surface area contributed by atoms with Gasteiger partial charge < -0.3 is 0 Å². The van der Waals surface area contributed by atoms with Crippen molar-refractivity contribution in [3.8, 4) is 0 Å². The maximum Gasteiger partial charge on any atom is 0.130 e. The summed E-state index contributed by atoms with van der Waals surface area (Å²) >= 11 is 3.48. The van der Waals surface area contributed by atoms with Gasteiger partial charge in [0.05, 0.1) is 4.83 Å². The molecule has 0 nitrogen and oxygen atoms in total. The Balaban J connectivity index is 2.44. The summed E-state index contributed by atoms with van der Waals surface area (Å²) in [7, 11) is 0. The topological polar surface area (TPSA) is 0 Å². The molecular weight excluding hydrogens is 298 g/mol. The Kier molecular flexibility index (Phi) is 3.81. The first kappa shape index (κ1) is 13.2. The van der Waals surface area contributed by atoms with Crippen molar-refractivity contribution in [3.05, 3.63) is 70.3 Å². The predicted octanol–water partition coefficient (Wildman–Crippen LogP) is 5.07. The van der Waals surface area contributed by atoms with Gasteiger partial charge in [-0.05, 0) is 25.5 Å². The van der Waals surface area contributed by atoms with Gasteiger partial charge in [0.1, 0.15) is 11.6 Å². The van der Waals surface area contributed by atoms with Crippen molar-refractivity contribution in [2.24, 2.45) is 0 Å². The second kappa shape index (κ2) is 5.19. The predicted molar refractivity (Wildman–Crippen MR) is 73.0 cm³/mol. The van der Waals surface area contributed by atoms with Crippen LogP contribution < -0.4 is 0 Å². The molecule has 0 fully saturated rings. The van der Waals surface area contributed by atoms with E-state index in [4.69, 9.17) is 0 Å². The molecule has 0 spiro atoms. The molecule has 2 aromatic rings. The molecule has 1 atom stereocenters. The van der Waals surface area contributed by atoms with Crippen LogP contribution >= 0.6 is 15.9 Å². The average Bonchev–Trinajstić information content (AvgIpc) is 2.26. The Hall–Kier alpha value is -1.22. The molecule has 0 bridgehead atoms. The largest absolute Gasteiger partial charge is 0.207 e. The fourth-order valence-electron chi connectivity index (χ4n) is 2.04. The lowest BCUT2D eigenvalue weighted by atomic mass is 10.0. The van der Waals surface area contributed by atoms with E-state index in [2.05, 4.69) is 22.0 Å². The van der Waals surface area contributed by atoms with Crippen LogP contribution in [0.5, 0.6) is 0 Å². The molecule has 0 aliphatic carbocycles. The van der Waals surface area contributed by atoms with E-state index in [1.54, 1.807) is 0 Å². The molecule has 0 aromatic heterocycles. The van der Waals surface area contributed by atoms with Crippen molar-refractivity contribution in [2.75, 3.05) is 0 Å². The molecule has 0 aliphatic heterocycles. The zero-order chi connectivity index (χ0) is 13.3. The average molecular weight is 311 g/mol. The van der Waals surface area contributed by atoms with Crippen LogP contribution in [0.1, 0.15) is 27.1 Å². The summed E-state index contributed by atoms with van der Waals surface area (Å²) in [5.74, 6) is -1.09. The molecule has 94 valence electrons. The Labute approximate surface area is 114 Å². The second-order valence-corrected chi connectivity index (χ2v) is 5.37. The molecule has 3 heteroatoms. The highest BCUT2D eigenvalue weighted by atomic mass is 79.9. The minimum Gasteiger partial charge on any atom is -0.207 e. The molecular formula is C15H13BrF2. The minimum atomic E-state index is -0.559. The van der Waals surface area contributed by atoms with Crippen molar-refractivity contribution >= 4 is 15.9 Å². The number of benzene rings is 2. The van der Waals surface area contributed by atoms with Crippen LogP contribution in [-0.2, 0) is 0 Å². The summed E-state index contributed by atoms with van der Waals surface area (Å²) in [6, 6.07) is 9.71. The zero-order valence-electron chi connectivity index (χ0n) is 10.2. The first-order chi connectivity index (χ1) is 8.47. The summed E-state index contributed by atoms with van der Waals surface area (Å²) in [6.07, 6.45) is 0. The van der Waals surface area contributed by atoms with Crippen molar-refractivity contribution in [3.63, 3.8) is 0 Å². The van der Waals surface area contributed by atoms with E-state index in [-0.39, 0.29) is 4.83 Å². The molecule has 0 saturated carbocycles. The van der Waals surface area contributed by atoms with Gasteiger partial charge in [-0.3, -0.25) is 0 Å². The molecule has 0 amide bonds. The second-order valence-electron chi connectivity index (χ2n) is 4.45. The number of alkyl halides is 1. The van der Waals surface area contributed by atoms with Gasteiger partial charge in [-0.25, -0.2) is 8.78 Å². The van der Waals surface area contributed by atoms with Crippen molar-refractivity contribution in [1.82, 2.24) is 0 Å². The van der Waals surface area contributed by atoms with E-state index in [0.29, 0.717) is 5.56 Å². The molecule has 0 radical (unpaired) electrons. The quantitative estimate of drug-likeness (QED) is 0.680. The first-order valence-corrected chi connectivity index (χ1v) is 6.56. The first-order valence-electron chi connectivity index (χ1n) is 5.64. The zero-order valence-corrected chi connectivity index (χ0v) is 11.8. The van der Waals surface area contributed by atoms with Crippen LogP contribution in [0.3, 0.4) is 0 Å². The van der Waals surface area contributed by atoms with E-state index in [9.17, 15) is 8.78 Å². The lowest BCUT2D eigenvalue weighted by molar-refractivity contribution is 0.574. The maximum atomic E-state index is 13.7. The van der Waals surface area contributed by atoms with Gasteiger partial charge in [-0.2, -0.15) is 0 Å². The van der Waals surface area contributed by atoms with Crippen LogP contribution in [0, 0.1) is 25.5 Å². The Bertz CT molecular complexity index is 558. The molecule has 1 unspecified atom stereocenters. The van der Waals surface area contributed by atoms with E-state index in [0.717, 1.165) is 22.8 Å². The molecule has 2 aromatic carbocycles. The van der Waals surface area contributed by atoms with E-state index < -0.39 is 11.6 Å². The maximum absolute atomic E-state index is 13.7. The van der Waals surface area contributed by atoms with Crippen LogP contribution in [0.4, 0.5) is 8.78 Å². The molecule has 0 aliphatic rings. The standard InChI is InChI=1S/C15H13BrF2/c1-9-5-10(2)7-11(6-9)15(16)13-4-3-12(17)8-14(13)18/h3-8,15H,1-2H3. The van der Waals surface area contributed by atoms with Gasteiger partial charge in [0.25, 0.3) is 0 Å². The number of halogens is 3. The number of hydrogen-bond donors (Lipinski definition) is 0. The fraction of sp³-hybridized carbons (Fsp3) is 0.200. The lowest BCUT2D eigenvalue weighted by Gasteiger charge is -2.13. The summed E-state index contributed by atoms with van der Waals surface area (Å²) in [5, 5.41) is 0. The Morgan fingerprint density at radius 2 is 1.56 bits per heavy atom. The molecule has 18 heavy (non-hydrogen) atoms. The highest BCUT2D eigenvalue weighted by Crippen LogP contribution is 2.33. The summed E-state index contributed by atoms with van der Waals surface area (Å²) in [6.45, 7) is 3.99. The van der Waals surface area contributed by atoms with Gasteiger partial charge in [0, 0.05) is 11.6 Å². The Morgan fingerprint density at radius 1 is 0.944 bits per heavy atom. The van der Waals surface area contributed by atoms with Crippen molar-refractivity contribution in [2.45, 2.75) is 18.7 Å². The lowest BCUT2D eigenvalue weighted by Crippen LogP contribution is -1.98. The highest BCUT2D eigenvalue weighted by molar-refractivity contribution is 9.09. The van der Waals surface area contributed by atoms with Gasteiger partial charge in [0.2, 0.25) is 0 Å². The van der Waals surface area contributed by atoms with Crippen LogP contribution in [-0.4, -0.2) is 0 Å². The smallest absolute Gasteiger partial charge is 0.130 e. The minimum absolute atomic E-state index is 0.267. The molecule has 0 heterocycles. The summed E-state index contributed by atoms with van der Waals surface area (Å²) in [4.78, 5) is -0.267. The number of hydrogen-bond acceptors (Lipinski definition) is 0. The van der Waals surface area contributed by atoms with Gasteiger partial charge >= 0.3 is 0 Å². The number of aryl methyl sites for hydroxylation is 2.